The van der Waals surface area contributed by atoms with Crippen LogP contribution in [0.3, 0.4) is 0 Å². The molecule has 11 heteroatoms. The average Bonchev–Trinajstić information content (AvgIpc) is 3.59. The number of carbonyl (C=O) groups is 1. The molecule has 0 saturated heterocycles. The SMILES string of the molecule is CCN(CC)CCCS(=O)(=O)N[C@H](CCc1ccccc1)c1nc(-c2cn(CC(=O)OC)c3ccccc23)n[nH]1. The Balaban J connectivity index is 1.59. The zero-order chi connectivity index (χ0) is 28.5. The highest BCUT2D eigenvalue weighted by atomic mass is 32.2. The predicted molar refractivity (Wildman–Crippen MR) is 156 cm³/mol. The van der Waals surface area contributed by atoms with Crippen LogP contribution in [0.2, 0.25) is 0 Å². The molecular formula is C29H38N6O4S. The minimum Gasteiger partial charge on any atom is -0.468 e. The molecule has 1 atom stereocenters. The van der Waals surface area contributed by atoms with Gasteiger partial charge in [-0.05, 0) is 50.5 Å². The summed E-state index contributed by atoms with van der Waals surface area (Å²) in [5, 5.41) is 8.32. The van der Waals surface area contributed by atoms with Crippen LogP contribution in [-0.4, -0.2) is 71.5 Å². The average molecular weight is 567 g/mol. The van der Waals surface area contributed by atoms with Crippen molar-refractivity contribution in [2.45, 2.75) is 45.7 Å². The number of esters is 1. The Hall–Kier alpha value is -3.54. The molecular weight excluding hydrogens is 528 g/mol. The van der Waals surface area contributed by atoms with E-state index in [-0.39, 0.29) is 18.3 Å². The Labute approximate surface area is 235 Å². The van der Waals surface area contributed by atoms with Gasteiger partial charge in [0.1, 0.15) is 12.4 Å². The number of fused-ring (bicyclic) bond motifs is 1. The Morgan fingerprint density at radius 1 is 1.10 bits per heavy atom. The Morgan fingerprint density at radius 3 is 2.55 bits per heavy atom. The summed E-state index contributed by atoms with van der Waals surface area (Å²) >= 11 is 0. The van der Waals surface area contributed by atoms with Gasteiger partial charge in [-0.15, -0.1) is 0 Å². The van der Waals surface area contributed by atoms with Gasteiger partial charge in [0.15, 0.2) is 5.82 Å². The number of rotatable bonds is 15. The molecule has 40 heavy (non-hydrogen) atoms. The van der Waals surface area contributed by atoms with E-state index in [1.807, 2.05) is 60.8 Å². The second-order valence-corrected chi connectivity index (χ2v) is 11.6. The van der Waals surface area contributed by atoms with E-state index in [4.69, 9.17) is 9.72 Å². The van der Waals surface area contributed by atoms with Crippen molar-refractivity contribution < 1.29 is 17.9 Å². The lowest BCUT2D eigenvalue weighted by Crippen LogP contribution is -2.33. The smallest absolute Gasteiger partial charge is 0.325 e. The number of aromatic amines is 1. The second kappa shape index (κ2) is 13.7. The molecule has 2 aromatic heterocycles. The maximum absolute atomic E-state index is 13.1. The van der Waals surface area contributed by atoms with Gasteiger partial charge in [0.05, 0.1) is 18.9 Å². The lowest BCUT2D eigenvalue weighted by Gasteiger charge is -2.19. The minimum atomic E-state index is -3.57. The third kappa shape index (κ3) is 7.56. The fourth-order valence-electron chi connectivity index (χ4n) is 4.81. The molecule has 0 amide bonds. The summed E-state index contributed by atoms with van der Waals surface area (Å²) < 4.78 is 35.8. The summed E-state index contributed by atoms with van der Waals surface area (Å²) in [6, 6.07) is 17.0. The maximum atomic E-state index is 13.1. The highest BCUT2D eigenvalue weighted by Crippen LogP contribution is 2.29. The first-order valence-electron chi connectivity index (χ1n) is 13.7. The summed E-state index contributed by atoms with van der Waals surface area (Å²) in [5.74, 6) is 0.551. The molecule has 2 N–H and O–H groups in total. The topological polar surface area (TPSA) is 122 Å². The van der Waals surface area contributed by atoms with Crippen LogP contribution in [0.4, 0.5) is 0 Å². The number of carbonyl (C=O) groups excluding carboxylic acids is 1. The third-order valence-electron chi connectivity index (χ3n) is 7.06. The highest BCUT2D eigenvalue weighted by molar-refractivity contribution is 7.89. The van der Waals surface area contributed by atoms with Crippen LogP contribution in [0.15, 0.2) is 60.8 Å². The van der Waals surface area contributed by atoms with Crippen molar-refractivity contribution in [2.24, 2.45) is 0 Å². The number of nitrogens with one attached hydrogen (secondary N) is 2. The largest absolute Gasteiger partial charge is 0.468 e. The first-order valence-corrected chi connectivity index (χ1v) is 15.3. The van der Waals surface area contributed by atoms with Gasteiger partial charge < -0.3 is 14.2 Å². The Morgan fingerprint density at radius 2 is 1.82 bits per heavy atom. The van der Waals surface area contributed by atoms with Crippen molar-refractivity contribution in [1.82, 2.24) is 29.4 Å². The van der Waals surface area contributed by atoms with Crippen molar-refractivity contribution in [2.75, 3.05) is 32.5 Å². The van der Waals surface area contributed by atoms with E-state index >= 15 is 0 Å². The van der Waals surface area contributed by atoms with Crippen LogP contribution >= 0.6 is 0 Å². The summed E-state index contributed by atoms with van der Waals surface area (Å²) in [7, 11) is -2.21. The molecule has 0 spiro atoms. The van der Waals surface area contributed by atoms with Gasteiger partial charge in [0, 0.05) is 22.7 Å². The number of aryl methyl sites for hydroxylation is 1. The molecule has 0 aliphatic heterocycles. The molecule has 0 aliphatic carbocycles. The molecule has 0 fully saturated rings. The number of H-pyrrole nitrogens is 1. The molecule has 4 rings (SSSR count). The molecule has 0 radical (unpaired) electrons. The van der Waals surface area contributed by atoms with E-state index in [1.165, 1.54) is 7.11 Å². The van der Waals surface area contributed by atoms with Crippen molar-refractivity contribution in [3.05, 3.63) is 72.2 Å². The van der Waals surface area contributed by atoms with Gasteiger partial charge in [0.25, 0.3) is 0 Å². The molecule has 2 heterocycles. The first kappa shape index (κ1) is 29.4. The van der Waals surface area contributed by atoms with Crippen LogP contribution in [0.25, 0.3) is 22.3 Å². The van der Waals surface area contributed by atoms with Crippen LogP contribution in [-0.2, 0) is 32.5 Å². The summed E-state index contributed by atoms with van der Waals surface area (Å²) in [5.41, 5.74) is 2.70. The fourth-order valence-corrected chi connectivity index (χ4v) is 6.10. The van der Waals surface area contributed by atoms with Gasteiger partial charge in [0.2, 0.25) is 10.0 Å². The zero-order valence-electron chi connectivity index (χ0n) is 23.3. The van der Waals surface area contributed by atoms with Gasteiger partial charge in [-0.3, -0.25) is 9.89 Å². The lowest BCUT2D eigenvalue weighted by atomic mass is 10.1. The fraction of sp³-hybridized carbons (Fsp3) is 0.414. The normalized spacial score (nSPS) is 12.7. The Kier molecular flexibility index (Phi) is 10.1. The molecule has 214 valence electrons. The van der Waals surface area contributed by atoms with E-state index in [0.717, 1.165) is 41.7 Å². The monoisotopic (exact) mass is 566 g/mol. The van der Waals surface area contributed by atoms with E-state index in [1.54, 1.807) is 4.57 Å². The number of aromatic nitrogens is 4. The summed E-state index contributed by atoms with van der Waals surface area (Å²) in [6.45, 7) is 6.71. The number of hydrogen-bond acceptors (Lipinski definition) is 7. The third-order valence-corrected chi connectivity index (χ3v) is 8.53. The van der Waals surface area contributed by atoms with Crippen LogP contribution < -0.4 is 4.72 Å². The maximum Gasteiger partial charge on any atom is 0.325 e. The number of nitrogens with zero attached hydrogens (tertiary/aromatic N) is 4. The number of para-hydroxylation sites is 1. The molecule has 0 saturated carbocycles. The number of methoxy groups -OCH3 is 1. The molecule has 0 bridgehead atoms. The second-order valence-electron chi connectivity index (χ2n) is 9.70. The standard InChI is InChI=1S/C29H38N6O4S/c1-4-34(5-2)18-11-19-40(37,38)33-25(17-16-22-12-7-6-8-13-22)29-30-28(31-32-29)24-20-35(21-27(36)39-3)26-15-10-9-14-23(24)26/h6-10,12-15,20,25,33H,4-5,11,16-19,21H2,1-3H3,(H,30,31,32)/t25-/m1/s1. The number of hydrogen-bond donors (Lipinski definition) is 2. The van der Waals surface area contributed by atoms with Crippen molar-refractivity contribution >= 4 is 26.9 Å². The highest BCUT2D eigenvalue weighted by Gasteiger charge is 2.24. The minimum absolute atomic E-state index is 0.0351. The molecule has 2 aromatic carbocycles. The van der Waals surface area contributed by atoms with E-state index < -0.39 is 16.1 Å². The number of sulfonamides is 1. The molecule has 0 unspecified atom stereocenters. The van der Waals surface area contributed by atoms with Crippen molar-refractivity contribution in [3.63, 3.8) is 0 Å². The molecule has 10 nitrogen and oxygen atoms in total. The van der Waals surface area contributed by atoms with Gasteiger partial charge in [-0.1, -0.05) is 62.4 Å². The molecule has 4 aromatic rings. The first-order chi connectivity index (χ1) is 19.3. The van der Waals surface area contributed by atoms with Crippen LogP contribution in [0.1, 0.15) is 44.1 Å². The number of benzene rings is 2. The van der Waals surface area contributed by atoms with Gasteiger partial charge in [-0.2, -0.15) is 5.10 Å². The van der Waals surface area contributed by atoms with E-state index in [2.05, 4.69) is 33.7 Å². The van der Waals surface area contributed by atoms with E-state index in [0.29, 0.717) is 30.9 Å². The number of ether oxygens (including phenoxy) is 1. The van der Waals surface area contributed by atoms with Gasteiger partial charge in [-0.25, -0.2) is 18.1 Å². The van der Waals surface area contributed by atoms with Crippen molar-refractivity contribution in [1.29, 1.82) is 0 Å². The van der Waals surface area contributed by atoms with Gasteiger partial charge >= 0.3 is 5.97 Å². The summed E-state index contributed by atoms with van der Waals surface area (Å²) in [6.07, 6.45) is 3.55. The van der Waals surface area contributed by atoms with Crippen LogP contribution in [0.5, 0.6) is 0 Å². The zero-order valence-corrected chi connectivity index (χ0v) is 24.2. The summed E-state index contributed by atoms with van der Waals surface area (Å²) in [4.78, 5) is 18.9. The van der Waals surface area contributed by atoms with Crippen molar-refractivity contribution in [3.8, 4) is 11.4 Å². The van der Waals surface area contributed by atoms with E-state index in [9.17, 15) is 13.2 Å². The quantitative estimate of drug-likeness (QED) is 0.209. The predicted octanol–water partition coefficient (Wildman–Crippen LogP) is 3.92. The van der Waals surface area contributed by atoms with Crippen LogP contribution in [0, 0.1) is 0 Å². The Bertz CT molecular complexity index is 1500. The molecule has 0 aliphatic rings. The lowest BCUT2D eigenvalue weighted by molar-refractivity contribution is -0.141.